The Labute approximate surface area is 100 Å². The number of hydrogen-bond acceptors (Lipinski definition) is 3. The van der Waals surface area contributed by atoms with E-state index in [1.807, 2.05) is 26.8 Å². The number of thiocarbonyl (C=S) groups is 1. The highest BCUT2D eigenvalue weighted by Gasteiger charge is 2.49. The van der Waals surface area contributed by atoms with Crippen molar-refractivity contribution in [2.24, 2.45) is 11.3 Å². The van der Waals surface area contributed by atoms with E-state index in [9.17, 15) is 9.59 Å². The van der Waals surface area contributed by atoms with Gasteiger partial charge in [-0.2, -0.15) is 0 Å². The molecule has 0 bridgehead atoms. The smallest absolute Gasteiger partial charge is 0.245 e. The van der Waals surface area contributed by atoms with E-state index in [1.165, 1.54) is 0 Å². The van der Waals surface area contributed by atoms with Crippen molar-refractivity contribution >= 4 is 29.1 Å². The minimum Gasteiger partial charge on any atom is -0.302 e. The van der Waals surface area contributed by atoms with E-state index < -0.39 is 5.41 Å². The summed E-state index contributed by atoms with van der Waals surface area (Å²) in [5.74, 6) is -0.819. The highest BCUT2D eigenvalue weighted by Crippen LogP contribution is 2.32. The molecule has 0 aromatic rings. The Kier molecular flexibility index (Phi) is 3.80. The zero-order valence-corrected chi connectivity index (χ0v) is 10.5. The minimum atomic E-state index is -1.14. The minimum absolute atomic E-state index is 0.0798. The van der Waals surface area contributed by atoms with Crippen LogP contribution in [-0.4, -0.2) is 16.9 Å². The van der Waals surface area contributed by atoms with Gasteiger partial charge in [0.25, 0.3) is 0 Å². The van der Waals surface area contributed by atoms with Crippen LogP contribution in [0.15, 0.2) is 12.2 Å². The van der Waals surface area contributed by atoms with Gasteiger partial charge in [-0.05, 0) is 24.6 Å². The summed E-state index contributed by atoms with van der Waals surface area (Å²) in [5.41, 5.74) is -1.14. The Morgan fingerprint density at radius 2 is 1.81 bits per heavy atom. The van der Waals surface area contributed by atoms with Crippen molar-refractivity contribution in [1.29, 1.82) is 0 Å². The molecular weight excluding hydrogens is 224 g/mol. The van der Waals surface area contributed by atoms with Gasteiger partial charge in [0, 0.05) is 0 Å². The Balaban J connectivity index is 3.17. The Hall–Kier alpha value is -1.23. The van der Waals surface area contributed by atoms with E-state index in [2.05, 4.69) is 10.6 Å². The Morgan fingerprint density at radius 3 is 2.19 bits per heavy atom. The van der Waals surface area contributed by atoms with Gasteiger partial charge >= 0.3 is 0 Å². The van der Waals surface area contributed by atoms with Crippen LogP contribution in [0.25, 0.3) is 0 Å². The lowest BCUT2D eigenvalue weighted by atomic mass is 9.74. The normalized spacial score (nSPS) is 20.1. The molecule has 16 heavy (non-hydrogen) atoms. The molecule has 1 fully saturated rings. The molecule has 88 valence electrons. The molecule has 1 heterocycles. The second-order valence-corrected chi connectivity index (χ2v) is 4.48. The maximum Gasteiger partial charge on any atom is 0.245 e. The van der Waals surface area contributed by atoms with Crippen molar-refractivity contribution < 1.29 is 9.59 Å². The quantitative estimate of drug-likeness (QED) is 0.441. The molecule has 2 amide bonds. The van der Waals surface area contributed by atoms with E-state index in [-0.39, 0.29) is 22.8 Å². The summed E-state index contributed by atoms with van der Waals surface area (Å²) < 4.78 is 0. The first-order chi connectivity index (χ1) is 7.45. The molecule has 0 aliphatic carbocycles. The predicted molar refractivity (Wildman–Crippen MR) is 65.6 cm³/mol. The fraction of sp³-hybridized carbons (Fsp3) is 0.545. The van der Waals surface area contributed by atoms with Gasteiger partial charge in [0.1, 0.15) is 5.41 Å². The fourth-order valence-electron chi connectivity index (χ4n) is 1.72. The van der Waals surface area contributed by atoms with Crippen molar-refractivity contribution in [2.45, 2.75) is 27.2 Å². The lowest BCUT2D eigenvalue weighted by molar-refractivity contribution is -0.142. The molecule has 0 spiro atoms. The average molecular weight is 240 g/mol. The molecule has 1 rings (SSSR count). The SMILES string of the molecule is CCC=CC1(C(C)C)C(=O)NC(=S)NC1=O. The van der Waals surface area contributed by atoms with Crippen LogP contribution in [0.3, 0.4) is 0 Å². The van der Waals surface area contributed by atoms with Crippen LogP contribution < -0.4 is 10.6 Å². The summed E-state index contributed by atoms with van der Waals surface area (Å²) in [6.45, 7) is 5.63. The third-order valence-corrected chi connectivity index (χ3v) is 2.94. The first-order valence-electron chi connectivity index (χ1n) is 5.29. The van der Waals surface area contributed by atoms with E-state index in [4.69, 9.17) is 12.2 Å². The zero-order chi connectivity index (χ0) is 12.3. The van der Waals surface area contributed by atoms with Crippen molar-refractivity contribution in [2.75, 3.05) is 0 Å². The summed E-state index contributed by atoms with van der Waals surface area (Å²) in [6.07, 6.45) is 4.27. The van der Waals surface area contributed by atoms with Crippen LogP contribution >= 0.6 is 12.2 Å². The monoisotopic (exact) mass is 240 g/mol. The molecule has 0 unspecified atom stereocenters. The predicted octanol–water partition coefficient (Wildman–Crippen LogP) is 1.13. The van der Waals surface area contributed by atoms with Crippen LogP contribution in [0.4, 0.5) is 0 Å². The molecule has 1 saturated heterocycles. The van der Waals surface area contributed by atoms with Crippen LogP contribution in [0, 0.1) is 11.3 Å². The summed E-state index contributed by atoms with van der Waals surface area (Å²) >= 11 is 4.77. The van der Waals surface area contributed by atoms with Crippen LogP contribution in [0.2, 0.25) is 0 Å². The number of nitrogens with one attached hydrogen (secondary N) is 2. The molecule has 0 atom stereocenters. The lowest BCUT2D eigenvalue weighted by Crippen LogP contribution is -2.63. The number of amides is 2. The second kappa shape index (κ2) is 4.74. The third-order valence-electron chi connectivity index (χ3n) is 2.73. The van der Waals surface area contributed by atoms with Gasteiger partial charge in [-0.3, -0.25) is 9.59 Å². The maximum absolute atomic E-state index is 12.0. The number of rotatable bonds is 3. The summed E-state index contributed by atoms with van der Waals surface area (Å²) in [7, 11) is 0. The first kappa shape index (κ1) is 12.8. The second-order valence-electron chi connectivity index (χ2n) is 4.07. The van der Waals surface area contributed by atoms with Crippen LogP contribution in [-0.2, 0) is 9.59 Å². The van der Waals surface area contributed by atoms with Crippen LogP contribution in [0.5, 0.6) is 0 Å². The molecular formula is C11H16N2O2S. The van der Waals surface area contributed by atoms with Crippen molar-refractivity contribution in [3.8, 4) is 0 Å². The summed E-state index contributed by atoms with van der Waals surface area (Å²) in [5, 5.41) is 5.08. The van der Waals surface area contributed by atoms with Crippen molar-refractivity contribution in [1.82, 2.24) is 10.6 Å². The molecule has 4 nitrogen and oxygen atoms in total. The largest absolute Gasteiger partial charge is 0.302 e. The maximum atomic E-state index is 12.0. The van der Waals surface area contributed by atoms with Gasteiger partial charge < -0.3 is 10.6 Å². The van der Waals surface area contributed by atoms with E-state index >= 15 is 0 Å². The van der Waals surface area contributed by atoms with Crippen molar-refractivity contribution in [3.05, 3.63) is 12.2 Å². The highest BCUT2D eigenvalue weighted by molar-refractivity contribution is 7.80. The molecule has 0 radical (unpaired) electrons. The Bertz CT molecular complexity index is 341. The molecule has 1 aliphatic heterocycles. The molecule has 0 saturated carbocycles. The van der Waals surface area contributed by atoms with E-state index in [1.54, 1.807) is 6.08 Å². The zero-order valence-electron chi connectivity index (χ0n) is 9.66. The molecule has 5 heteroatoms. The van der Waals surface area contributed by atoms with Gasteiger partial charge in [-0.25, -0.2) is 0 Å². The molecule has 0 aromatic heterocycles. The topological polar surface area (TPSA) is 58.2 Å². The average Bonchev–Trinajstić information content (AvgIpc) is 2.16. The van der Waals surface area contributed by atoms with Gasteiger partial charge in [-0.15, -0.1) is 0 Å². The fourth-order valence-corrected chi connectivity index (χ4v) is 1.90. The van der Waals surface area contributed by atoms with Gasteiger partial charge in [0.15, 0.2) is 5.11 Å². The van der Waals surface area contributed by atoms with Gasteiger partial charge in [0.05, 0.1) is 0 Å². The third kappa shape index (κ3) is 2.00. The van der Waals surface area contributed by atoms with Crippen LogP contribution in [0.1, 0.15) is 27.2 Å². The molecule has 1 aliphatic rings. The number of carbonyl (C=O) groups excluding carboxylic acids is 2. The lowest BCUT2D eigenvalue weighted by Gasteiger charge is -2.35. The molecule has 0 aromatic carbocycles. The summed E-state index contributed by atoms with van der Waals surface area (Å²) in [4.78, 5) is 23.9. The number of hydrogen-bond donors (Lipinski definition) is 2. The van der Waals surface area contributed by atoms with Gasteiger partial charge in [-0.1, -0.05) is 32.9 Å². The van der Waals surface area contributed by atoms with Gasteiger partial charge in [0.2, 0.25) is 11.8 Å². The molecule has 2 N–H and O–H groups in total. The van der Waals surface area contributed by atoms with E-state index in [0.29, 0.717) is 0 Å². The number of allylic oxidation sites excluding steroid dienone is 1. The summed E-state index contributed by atoms with van der Waals surface area (Å²) in [6, 6.07) is 0. The number of carbonyl (C=O) groups is 2. The Morgan fingerprint density at radius 1 is 1.31 bits per heavy atom. The highest BCUT2D eigenvalue weighted by atomic mass is 32.1. The standard InChI is InChI=1S/C11H16N2O2S/c1-4-5-6-11(7(2)3)8(14)12-10(16)13-9(11)15/h5-7H,4H2,1-3H3,(H2,12,13,14,15,16). The van der Waals surface area contributed by atoms with Crippen molar-refractivity contribution in [3.63, 3.8) is 0 Å². The first-order valence-corrected chi connectivity index (χ1v) is 5.70. The van der Waals surface area contributed by atoms with E-state index in [0.717, 1.165) is 6.42 Å².